The Morgan fingerprint density at radius 1 is 1.21 bits per heavy atom. The first kappa shape index (κ1) is 14.2. The summed E-state index contributed by atoms with van der Waals surface area (Å²) in [5, 5.41) is 0.679. The maximum atomic E-state index is 11.8. The fourth-order valence-electron chi connectivity index (χ4n) is 2.31. The van der Waals surface area contributed by atoms with Crippen LogP contribution in [0.4, 0.5) is 0 Å². The largest absolute Gasteiger partial charge is 0.317 e. The van der Waals surface area contributed by atoms with Crippen molar-refractivity contribution in [1.29, 1.82) is 0 Å². The normalized spacial score (nSPS) is 10.8. The maximum absolute atomic E-state index is 11.8. The number of carbonyl (C=O) groups excluding carboxylic acids is 1. The number of benzene rings is 1. The van der Waals surface area contributed by atoms with Gasteiger partial charge in [0.2, 0.25) is 0 Å². The number of alkyl halides is 1. The summed E-state index contributed by atoms with van der Waals surface area (Å²) in [5.74, 6) is -0.0561. The van der Waals surface area contributed by atoms with Gasteiger partial charge in [0.15, 0.2) is 5.78 Å². The zero-order valence-electron chi connectivity index (χ0n) is 11.1. The molecular formula is C15H15Cl2NO. The number of Topliss-reactive ketones (excluding diaryl/α,β-unsaturated/α-hetero) is 1. The summed E-state index contributed by atoms with van der Waals surface area (Å²) >= 11 is 11.7. The molecule has 0 unspecified atom stereocenters. The summed E-state index contributed by atoms with van der Waals surface area (Å²) in [6.07, 6.45) is 0. The number of rotatable bonds is 3. The van der Waals surface area contributed by atoms with E-state index in [1.807, 2.05) is 49.6 Å². The minimum atomic E-state index is -0.0549. The third-order valence-corrected chi connectivity index (χ3v) is 3.74. The highest BCUT2D eigenvalue weighted by atomic mass is 35.5. The zero-order chi connectivity index (χ0) is 14.2. The Balaban J connectivity index is 2.66. The van der Waals surface area contributed by atoms with Gasteiger partial charge in [0.05, 0.1) is 5.88 Å². The molecular weight excluding hydrogens is 281 g/mol. The molecule has 2 aromatic rings. The predicted molar refractivity (Wildman–Crippen MR) is 80.0 cm³/mol. The Kier molecular flexibility index (Phi) is 4.02. The first-order valence-electron chi connectivity index (χ1n) is 6.00. The lowest BCUT2D eigenvalue weighted by Crippen LogP contribution is -2.05. The van der Waals surface area contributed by atoms with E-state index in [4.69, 9.17) is 23.2 Å². The molecule has 0 N–H and O–H groups in total. The van der Waals surface area contributed by atoms with Gasteiger partial charge in [0, 0.05) is 27.7 Å². The van der Waals surface area contributed by atoms with Crippen LogP contribution in [0.2, 0.25) is 5.02 Å². The van der Waals surface area contributed by atoms with Gasteiger partial charge in [-0.25, -0.2) is 0 Å². The van der Waals surface area contributed by atoms with Crippen molar-refractivity contribution < 1.29 is 4.79 Å². The molecule has 0 saturated heterocycles. The molecule has 0 aliphatic heterocycles. The summed E-state index contributed by atoms with van der Waals surface area (Å²) in [6, 6.07) is 7.62. The Hall–Kier alpha value is -1.25. The van der Waals surface area contributed by atoms with Crippen LogP contribution < -0.4 is 0 Å². The van der Waals surface area contributed by atoms with Gasteiger partial charge < -0.3 is 4.57 Å². The monoisotopic (exact) mass is 295 g/mol. The van der Waals surface area contributed by atoms with Crippen LogP contribution in [-0.4, -0.2) is 16.2 Å². The second-order valence-electron chi connectivity index (χ2n) is 4.61. The smallest absolute Gasteiger partial charge is 0.179 e. The lowest BCUT2D eigenvalue weighted by molar-refractivity contribution is 0.102. The Bertz CT molecular complexity index is 644. The van der Waals surface area contributed by atoms with Gasteiger partial charge in [0.25, 0.3) is 0 Å². The number of carbonyl (C=O) groups is 1. The van der Waals surface area contributed by atoms with Gasteiger partial charge >= 0.3 is 0 Å². The Labute approximate surface area is 123 Å². The third-order valence-electron chi connectivity index (χ3n) is 3.26. The Morgan fingerprint density at radius 2 is 1.89 bits per heavy atom. The second kappa shape index (κ2) is 5.40. The molecule has 1 aromatic heterocycles. The number of aryl methyl sites for hydroxylation is 2. The minimum Gasteiger partial charge on any atom is -0.317 e. The van der Waals surface area contributed by atoms with Crippen molar-refractivity contribution in [2.24, 2.45) is 0 Å². The van der Waals surface area contributed by atoms with Crippen LogP contribution in [0.5, 0.6) is 0 Å². The van der Waals surface area contributed by atoms with Gasteiger partial charge in [-0.1, -0.05) is 17.7 Å². The van der Waals surface area contributed by atoms with Gasteiger partial charge in [-0.05, 0) is 44.5 Å². The summed E-state index contributed by atoms with van der Waals surface area (Å²) in [4.78, 5) is 11.8. The number of halogens is 2. The van der Waals surface area contributed by atoms with Gasteiger partial charge in [-0.2, -0.15) is 0 Å². The van der Waals surface area contributed by atoms with Crippen molar-refractivity contribution in [2.75, 3.05) is 5.88 Å². The molecule has 0 saturated carbocycles. The molecule has 2 rings (SSSR count). The van der Waals surface area contributed by atoms with E-state index in [9.17, 15) is 4.79 Å². The van der Waals surface area contributed by atoms with Crippen molar-refractivity contribution in [2.45, 2.75) is 20.8 Å². The molecule has 0 spiro atoms. The molecule has 1 heterocycles. The fraction of sp³-hybridized carbons (Fsp3) is 0.267. The van der Waals surface area contributed by atoms with Crippen molar-refractivity contribution in [1.82, 2.24) is 4.57 Å². The van der Waals surface area contributed by atoms with Crippen molar-refractivity contribution in [3.05, 3.63) is 51.8 Å². The molecule has 0 bridgehead atoms. The molecule has 1 aromatic carbocycles. The fourth-order valence-corrected chi connectivity index (χ4v) is 2.62. The molecule has 0 fully saturated rings. The molecule has 0 aliphatic rings. The summed E-state index contributed by atoms with van der Waals surface area (Å²) < 4.78 is 2.04. The average Bonchev–Trinajstić information content (AvgIpc) is 2.67. The van der Waals surface area contributed by atoms with Crippen LogP contribution in [-0.2, 0) is 0 Å². The van der Waals surface area contributed by atoms with E-state index < -0.39 is 0 Å². The van der Waals surface area contributed by atoms with Crippen LogP contribution in [0.25, 0.3) is 5.69 Å². The molecule has 0 radical (unpaired) electrons. The SMILES string of the molecule is Cc1ccc(Cl)cc1-n1c(C)cc(C(=O)CCl)c1C. The topological polar surface area (TPSA) is 22.0 Å². The molecule has 2 nitrogen and oxygen atoms in total. The van der Waals surface area contributed by atoms with E-state index in [1.54, 1.807) is 0 Å². The van der Waals surface area contributed by atoms with E-state index in [2.05, 4.69) is 0 Å². The van der Waals surface area contributed by atoms with E-state index in [1.165, 1.54) is 0 Å². The van der Waals surface area contributed by atoms with Crippen LogP contribution in [0.3, 0.4) is 0 Å². The number of ketones is 1. The highest BCUT2D eigenvalue weighted by Crippen LogP contribution is 2.26. The van der Waals surface area contributed by atoms with Crippen LogP contribution >= 0.6 is 23.2 Å². The molecule has 0 atom stereocenters. The van der Waals surface area contributed by atoms with Gasteiger partial charge in [-0.3, -0.25) is 4.79 Å². The summed E-state index contributed by atoms with van der Waals surface area (Å²) in [6.45, 7) is 5.92. The van der Waals surface area contributed by atoms with Gasteiger partial charge in [0.1, 0.15) is 0 Å². The number of hydrogen-bond donors (Lipinski definition) is 0. The number of aromatic nitrogens is 1. The average molecular weight is 296 g/mol. The van der Waals surface area contributed by atoms with Crippen LogP contribution in [0.1, 0.15) is 27.3 Å². The van der Waals surface area contributed by atoms with Crippen LogP contribution in [0.15, 0.2) is 24.3 Å². The molecule has 4 heteroatoms. The number of hydrogen-bond acceptors (Lipinski definition) is 1. The first-order chi connectivity index (χ1) is 8.95. The van der Waals surface area contributed by atoms with E-state index in [-0.39, 0.29) is 11.7 Å². The lowest BCUT2D eigenvalue weighted by atomic mass is 10.1. The van der Waals surface area contributed by atoms with E-state index in [0.717, 1.165) is 22.6 Å². The third kappa shape index (κ3) is 2.56. The minimum absolute atomic E-state index is 0.00117. The molecule has 0 aliphatic carbocycles. The van der Waals surface area contributed by atoms with Crippen LogP contribution in [0, 0.1) is 20.8 Å². The molecule has 100 valence electrons. The van der Waals surface area contributed by atoms with Gasteiger partial charge in [-0.15, -0.1) is 11.6 Å². The molecule has 0 amide bonds. The van der Waals surface area contributed by atoms with Crippen molar-refractivity contribution in [3.8, 4) is 5.69 Å². The van der Waals surface area contributed by atoms with Crippen molar-refractivity contribution in [3.63, 3.8) is 0 Å². The van der Waals surface area contributed by atoms with Crippen molar-refractivity contribution >= 4 is 29.0 Å². The second-order valence-corrected chi connectivity index (χ2v) is 5.31. The predicted octanol–water partition coefficient (Wildman–Crippen LogP) is 4.48. The quantitative estimate of drug-likeness (QED) is 0.604. The first-order valence-corrected chi connectivity index (χ1v) is 6.91. The zero-order valence-corrected chi connectivity index (χ0v) is 12.6. The highest BCUT2D eigenvalue weighted by Gasteiger charge is 2.16. The van der Waals surface area contributed by atoms with E-state index >= 15 is 0 Å². The summed E-state index contributed by atoms with van der Waals surface area (Å²) in [7, 11) is 0. The standard InChI is InChI=1S/C15H15Cl2NO/c1-9-4-5-12(17)7-14(9)18-10(2)6-13(11(18)3)15(19)8-16/h4-7H,8H2,1-3H3. The summed E-state index contributed by atoms with van der Waals surface area (Å²) in [5.41, 5.74) is 4.67. The Morgan fingerprint density at radius 3 is 2.53 bits per heavy atom. The van der Waals surface area contributed by atoms with E-state index in [0.29, 0.717) is 10.6 Å². The number of nitrogens with zero attached hydrogens (tertiary/aromatic N) is 1. The molecule has 19 heavy (non-hydrogen) atoms. The lowest BCUT2D eigenvalue weighted by Gasteiger charge is -2.13. The highest BCUT2D eigenvalue weighted by molar-refractivity contribution is 6.31. The maximum Gasteiger partial charge on any atom is 0.179 e.